The largest absolute Gasteiger partial charge is 0.444 e. The number of carbonyl (C=O) groups is 2. The Bertz CT molecular complexity index is 480. The van der Waals surface area contributed by atoms with Gasteiger partial charge in [-0.05, 0) is 50.7 Å². The Morgan fingerprint density at radius 3 is 2.30 bits per heavy atom. The minimum Gasteiger partial charge on any atom is -0.444 e. The molecule has 1 atom stereocenters. The van der Waals surface area contributed by atoms with Crippen molar-refractivity contribution in [3.63, 3.8) is 0 Å². The van der Waals surface area contributed by atoms with E-state index < -0.39 is 17.7 Å². The number of carbonyl (C=O) groups excluding carboxylic acids is 2. The lowest BCUT2D eigenvalue weighted by Gasteiger charge is -2.23. The van der Waals surface area contributed by atoms with Gasteiger partial charge in [-0.25, -0.2) is 4.79 Å². The Labute approximate surface area is 119 Å². The summed E-state index contributed by atoms with van der Waals surface area (Å²) in [6.07, 6.45) is 1.90. The summed E-state index contributed by atoms with van der Waals surface area (Å²) in [5.41, 5.74) is 1.96. The van der Waals surface area contributed by atoms with Crippen molar-refractivity contribution in [3.8, 4) is 0 Å². The summed E-state index contributed by atoms with van der Waals surface area (Å²) in [6.45, 7) is 5.40. The second kappa shape index (κ2) is 5.65. The standard InChI is InChI=1S/C16H21NO3/c1-16(2,3)20-15(19)17-14(10-18)13-8-11-6-4-5-7-12(11)9-13/h4-7,10,13-14H,8-9H2,1-3H3,(H,17,19). The van der Waals surface area contributed by atoms with Gasteiger partial charge in [0.05, 0.1) is 6.04 Å². The van der Waals surface area contributed by atoms with E-state index in [1.54, 1.807) is 20.8 Å². The fourth-order valence-electron chi connectivity index (χ4n) is 2.55. The summed E-state index contributed by atoms with van der Waals surface area (Å²) in [7, 11) is 0. The van der Waals surface area contributed by atoms with Crippen molar-refractivity contribution in [1.29, 1.82) is 0 Å². The van der Waals surface area contributed by atoms with E-state index in [2.05, 4.69) is 17.4 Å². The molecule has 0 spiro atoms. The van der Waals surface area contributed by atoms with Crippen LogP contribution in [0.25, 0.3) is 0 Å². The van der Waals surface area contributed by atoms with Crippen LogP contribution in [-0.4, -0.2) is 24.0 Å². The lowest BCUT2D eigenvalue weighted by Crippen LogP contribution is -2.44. The normalized spacial score (nSPS) is 16.4. The van der Waals surface area contributed by atoms with Crippen LogP contribution in [0, 0.1) is 5.92 Å². The Hall–Kier alpha value is -1.84. The Kier molecular flexibility index (Phi) is 4.12. The Morgan fingerprint density at radius 1 is 1.30 bits per heavy atom. The van der Waals surface area contributed by atoms with Crippen molar-refractivity contribution in [2.45, 2.75) is 45.3 Å². The molecule has 0 radical (unpaired) electrons. The van der Waals surface area contributed by atoms with Gasteiger partial charge in [0, 0.05) is 0 Å². The van der Waals surface area contributed by atoms with Gasteiger partial charge in [-0.3, -0.25) is 0 Å². The van der Waals surface area contributed by atoms with E-state index in [9.17, 15) is 9.59 Å². The number of fused-ring (bicyclic) bond motifs is 1. The predicted octanol–water partition coefficient (Wildman–Crippen LogP) is 2.49. The Balaban J connectivity index is 1.97. The summed E-state index contributed by atoms with van der Waals surface area (Å²) in [4.78, 5) is 23.0. The van der Waals surface area contributed by atoms with E-state index in [0.717, 1.165) is 19.1 Å². The molecule has 1 aromatic rings. The molecule has 0 bridgehead atoms. The number of amides is 1. The van der Waals surface area contributed by atoms with E-state index in [0.29, 0.717) is 0 Å². The number of hydrogen-bond acceptors (Lipinski definition) is 3. The molecule has 4 heteroatoms. The van der Waals surface area contributed by atoms with E-state index in [1.807, 2.05) is 12.1 Å². The third kappa shape index (κ3) is 3.59. The molecule has 0 saturated heterocycles. The summed E-state index contributed by atoms with van der Waals surface area (Å²) >= 11 is 0. The highest BCUT2D eigenvalue weighted by Gasteiger charge is 2.30. The summed E-state index contributed by atoms with van der Waals surface area (Å²) in [6, 6.07) is 7.64. The van der Waals surface area contributed by atoms with Gasteiger partial charge in [-0.15, -0.1) is 0 Å². The smallest absolute Gasteiger partial charge is 0.408 e. The van der Waals surface area contributed by atoms with Crippen molar-refractivity contribution in [1.82, 2.24) is 5.32 Å². The number of aldehydes is 1. The maximum Gasteiger partial charge on any atom is 0.408 e. The zero-order valence-electron chi connectivity index (χ0n) is 12.2. The zero-order valence-corrected chi connectivity index (χ0v) is 12.2. The molecule has 0 heterocycles. The van der Waals surface area contributed by atoms with Crippen LogP contribution < -0.4 is 5.32 Å². The number of nitrogens with one attached hydrogen (secondary N) is 1. The molecule has 0 aromatic heterocycles. The molecule has 1 amide bonds. The molecular formula is C16H21NO3. The van der Waals surface area contributed by atoms with Crippen LogP contribution in [0.3, 0.4) is 0 Å². The molecule has 1 N–H and O–H groups in total. The van der Waals surface area contributed by atoms with E-state index in [1.165, 1.54) is 11.1 Å². The summed E-state index contributed by atoms with van der Waals surface area (Å²) in [5.74, 6) is 0.109. The van der Waals surface area contributed by atoms with Crippen LogP contribution in [0.4, 0.5) is 4.79 Å². The van der Waals surface area contributed by atoms with E-state index in [4.69, 9.17) is 4.74 Å². The first-order valence-corrected chi connectivity index (χ1v) is 6.90. The quantitative estimate of drug-likeness (QED) is 0.862. The highest BCUT2D eigenvalue weighted by atomic mass is 16.6. The van der Waals surface area contributed by atoms with Crippen LogP contribution >= 0.6 is 0 Å². The minimum absolute atomic E-state index is 0.109. The van der Waals surface area contributed by atoms with Gasteiger partial charge in [0.1, 0.15) is 11.9 Å². The molecule has 20 heavy (non-hydrogen) atoms. The van der Waals surface area contributed by atoms with Crippen LogP contribution in [0.15, 0.2) is 24.3 Å². The maximum absolute atomic E-state index is 11.8. The second-order valence-corrected chi connectivity index (χ2v) is 6.25. The highest BCUT2D eigenvalue weighted by Crippen LogP contribution is 2.28. The average Bonchev–Trinajstić information content (AvgIpc) is 2.77. The minimum atomic E-state index is -0.559. The van der Waals surface area contributed by atoms with Crippen molar-refractivity contribution in [3.05, 3.63) is 35.4 Å². The summed E-state index contributed by atoms with van der Waals surface area (Å²) < 4.78 is 5.20. The van der Waals surface area contributed by atoms with E-state index in [-0.39, 0.29) is 5.92 Å². The number of rotatable bonds is 3. The van der Waals surface area contributed by atoms with Crippen molar-refractivity contribution in [2.75, 3.05) is 0 Å². The maximum atomic E-state index is 11.8. The molecule has 1 aromatic carbocycles. The number of ether oxygens (including phenoxy) is 1. The first kappa shape index (κ1) is 14.6. The third-order valence-corrected chi connectivity index (χ3v) is 3.42. The van der Waals surface area contributed by atoms with Gasteiger partial charge in [-0.2, -0.15) is 0 Å². The van der Waals surface area contributed by atoms with Crippen LogP contribution in [0.2, 0.25) is 0 Å². The molecule has 4 nitrogen and oxygen atoms in total. The molecule has 1 aliphatic carbocycles. The average molecular weight is 275 g/mol. The summed E-state index contributed by atoms with van der Waals surface area (Å²) in [5, 5.41) is 2.67. The van der Waals surface area contributed by atoms with Crippen LogP contribution in [0.1, 0.15) is 31.9 Å². The van der Waals surface area contributed by atoms with Crippen molar-refractivity contribution < 1.29 is 14.3 Å². The third-order valence-electron chi connectivity index (χ3n) is 3.42. The van der Waals surface area contributed by atoms with Gasteiger partial charge in [-0.1, -0.05) is 24.3 Å². The van der Waals surface area contributed by atoms with Gasteiger partial charge in [0.2, 0.25) is 0 Å². The molecule has 1 aliphatic rings. The zero-order chi connectivity index (χ0) is 14.8. The molecule has 0 fully saturated rings. The topological polar surface area (TPSA) is 55.4 Å². The lowest BCUT2D eigenvalue weighted by atomic mass is 9.98. The monoisotopic (exact) mass is 275 g/mol. The fraction of sp³-hybridized carbons (Fsp3) is 0.500. The highest BCUT2D eigenvalue weighted by molar-refractivity contribution is 5.73. The molecule has 108 valence electrons. The first-order chi connectivity index (χ1) is 9.39. The van der Waals surface area contributed by atoms with Gasteiger partial charge < -0.3 is 14.8 Å². The number of hydrogen-bond donors (Lipinski definition) is 1. The molecule has 0 aliphatic heterocycles. The molecule has 0 saturated carbocycles. The van der Waals surface area contributed by atoms with Crippen LogP contribution in [0.5, 0.6) is 0 Å². The van der Waals surface area contributed by atoms with Crippen molar-refractivity contribution in [2.24, 2.45) is 5.92 Å². The number of benzene rings is 1. The number of alkyl carbamates (subject to hydrolysis) is 1. The van der Waals surface area contributed by atoms with Crippen molar-refractivity contribution >= 4 is 12.4 Å². The molecular weight excluding hydrogens is 254 g/mol. The van der Waals surface area contributed by atoms with Crippen LogP contribution in [-0.2, 0) is 22.4 Å². The predicted molar refractivity (Wildman–Crippen MR) is 76.6 cm³/mol. The van der Waals surface area contributed by atoms with Gasteiger partial charge >= 0.3 is 6.09 Å². The van der Waals surface area contributed by atoms with E-state index >= 15 is 0 Å². The van der Waals surface area contributed by atoms with Gasteiger partial charge in [0.15, 0.2) is 0 Å². The fourth-order valence-corrected chi connectivity index (χ4v) is 2.55. The molecule has 1 unspecified atom stereocenters. The second-order valence-electron chi connectivity index (χ2n) is 6.25. The Morgan fingerprint density at radius 2 is 1.85 bits per heavy atom. The molecule has 2 rings (SSSR count). The SMILES string of the molecule is CC(C)(C)OC(=O)NC(C=O)C1Cc2ccccc2C1. The van der Waals surface area contributed by atoms with Gasteiger partial charge in [0.25, 0.3) is 0 Å². The first-order valence-electron chi connectivity index (χ1n) is 6.90. The lowest BCUT2D eigenvalue weighted by molar-refractivity contribution is -0.110.